The van der Waals surface area contributed by atoms with Crippen molar-refractivity contribution in [3.63, 3.8) is 0 Å². The van der Waals surface area contributed by atoms with Gasteiger partial charge in [-0.15, -0.1) is 0 Å². The Morgan fingerprint density at radius 2 is 1.87 bits per heavy atom. The van der Waals surface area contributed by atoms with Crippen LogP contribution >= 0.6 is 0 Å². The van der Waals surface area contributed by atoms with Gasteiger partial charge in [0.2, 0.25) is 5.91 Å². The van der Waals surface area contributed by atoms with Crippen LogP contribution in [0.1, 0.15) is 32.1 Å². The molecule has 0 aromatic carbocycles. The Morgan fingerprint density at radius 3 is 2.47 bits per heavy atom. The molecule has 0 aromatic heterocycles. The lowest BCUT2D eigenvalue weighted by Crippen LogP contribution is -2.31. The van der Waals surface area contributed by atoms with Crippen LogP contribution in [0.15, 0.2) is 0 Å². The first-order chi connectivity index (χ1) is 7.16. The van der Waals surface area contributed by atoms with Crippen molar-refractivity contribution in [3.05, 3.63) is 0 Å². The quantitative estimate of drug-likeness (QED) is 0.667. The van der Waals surface area contributed by atoms with Gasteiger partial charge in [0.25, 0.3) is 0 Å². The molecule has 0 heterocycles. The summed E-state index contributed by atoms with van der Waals surface area (Å²) in [7, 11) is 0. The number of hydrogen-bond acceptors (Lipinski definition) is 2. The zero-order valence-corrected chi connectivity index (χ0v) is 8.74. The molecule has 4 nitrogen and oxygen atoms in total. The third-order valence-corrected chi connectivity index (χ3v) is 3.48. The Hall–Kier alpha value is -1.06. The second kappa shape index (κ2) is 4.21. The van der Waals surface area contributed by atoms with E-state index in [1.54, 1.807) is 0 Å². The SMILES string of the molecule is O=C(O)CCCNC(=O)C1CC2CC2C1. The van der Waals surface area contributed by atoms with Crippen molar-refractivity contribution in [2.24, 2.45) is 17.8 Å². The minimum absolute atomic E-state index is 0.132. The number of carbonyl (C=O) groups excluding carboxylic acids is 1. The smallest absolute Gasteiger partial charge is 0.303 e. The molecule has 2 aliphatic rings. The van der Waals surface area contributed by atoms with Crippen LogP contribution in [-0.4, -0.2) is 23.5 Å². The minimum Gasteiger partial charge on any atom is -0.481 e. The number of carboxylic acid groups (broad SMARTS) is 1. The summed E-state index contributed by atoms with van der Waals surface area (Å²) in [6.07, 6.45) is 4.09. The van der Waals surface area contributed by atoms with Crippen molar-refractivity contribution in [2.75, 3.05) is 6.54 Å². The van der Waals surface area contributed by atoms with Crippen molar-refractivity contribution in [2.45, 2.75) is 32.1 Å². The molecule has 84 valence electrons. The van der Waals surface area contributed by atoms with Crippen molar-refractivity contribution in [3.8, 4) is 0 Å². The molecule has 1 amide bonds. The van der Waals surface area contributed by atoms with Gasteiger partial charge in [-0.3, -0.25) is 9.59 Å². The highest BCUT2D eigenvalue weighted by molar-refractivity contribution is 5.79. The molecule has 2 saturated carbocycles. The van der Waals surface area contributed by atoms with Crippen molar-refractivity contribution in [1.29, 1.82) is 0 Å². The topological polar surface area (TPSA) is 66.4 Å². The summed E-state index contributed by atoms with van der Waals surface area (Å²) in [5.41, 5.74) is 0. The summed E-state index contributed by atoms with van der Waals surface area (Å²) in [5.74, 6) is 1.18. The largest absolute Gasteiger partial charge is 0.481 e. The maximum Gasteiger partial charge on any atom is 0.303 e. The highest BCUT2D eigenvalue weighted by atomic mass is 16.4. The fourth-order valence-electron chi connectivity index (χ4n) is 2.52. The molecule has 0 aromatic rings. The second-order valence-corrected chi connectivity index (χ2v) is 4.71. The van der Waals surface area contributed by atoms with Gasteiger partial charge in [-0.1, -0.05) is 0 Å². The molecule has 15 heavy (non-hydrogen) atoms. The third-order valence-electron chi connectivity index (χ3n) is 3.48. The van der Waals surface area contributed by atoms with Gasteiger partial charge in [0.05, 0.1) is 0 Å². The van der Waals surface area contributed by atoms with Crippen LogP contribution in [0.25, 0.3) is 0 Å². The molecule has 0 bridgehead atoms. The van der Waals surface area contributed by atoms with E-state index in [4.69, 9.17) is 5.11 Å². The Labute approximate surface area is 89.0 Å². The molecular weight excluding hydrogens is 194 g/mol. The molecule has 2 aliphatic carbocycles. The molecule has 2 fully saturated rings. The Bertz CT molecular complexity index is 267. The first-order valence-corrected chi connectivity index (χ1v) is 5.66. The summed E-state index contributed by atoms with van der Waals surface area (Å²) in [5, 5.41) is 11.2. The monoisotopic (exact) mass is 211 g/mol. The molecule has 0 saturated heterocycles. The van der Waals surface area contributed by atoms with Crippen molar-refractivity contribution in [1.82, 2.24) is 5.32 Å². The normalized spacial score (nSPS) is 32.1. The molecule has 2 N–H and O–H groups in total. The number of fused-ring (bicyclic) bond motifs is 1. The van der Waals surface area contributed by atoms with Gasteiger partial charge in [0.15, 0.2) is 0 Å². The number of aliphatic carboxylic acids is 1. The first-order valence-electron chi connectivity index (χ1n) is 5.66. The standard InChI is InChI=1S/C11H17NO3/c13-10(14)2-1-3-12-11(15)9-5-7-4-8(7)6-9/h7-9H,1-6H2,(H,12,15)(H,13,14). The number of hydrogen-bond donors (Lipinski definition) is 2. The van der Waals surface area contributed by atoms with Crippen LogP contribution < -0.4 is 5.32 Å². The van der Waals surface area contributed by atoms with E-state index in [1.165, 1.54) is 6.42 Å². The summed E-state index contributed by atoms with van der Waals surface area (Å²) >= 11 is 0. The van der Waals surface area contributed by atoms with E-state index in [0.717, 1.165) is 24.7 Å². The van der Waals surface area contributed by atoms with E-state index in [0.29, 0.717) is 13.0 Å². The fourth-order valence-corrected chi connectivity index (χ4v) is 2.52. The van der Waals surface area contributed by atoms with E-state index in [1.807, 2.05) is 0 Å². The Kier molecular flexibility index (Phi) is 2.93. The zero-order chi connectivity index (χ0) is 10.8. The van der Waals surface area contributed by atoms with E-state index >= 15 is 0 Å². The first kappa shape index (κ1) is 10.5. The number of nitrogens with one attached hydrogen (secondary N) is 1. The molecule has 2 unspecified atom stereocenters. The van der Waals surface area contributed by atoms with Crippen LogP contribution in [0.4, 0.5) is 0 Å². The lowest BCUT2D eigenvalue weighted by atomic mass is 10.0. The van der Waals surface area contributed by atoms with E-state index < -0.39 is 5.97 Å². The molecule has 2 atom stereocenters. The maximum atomic E-state index is 11.6. The predicted octanol–water partition coefficient (Wildman–Crippen LogP) is 1.01. The summed E-state index contributed by atoms with van der Waals surface area (Å²) in [4.78, 5) is 21.8. The van der Waals surface area contributed by atoms with Gasteiger partial charge in [-0.05, 0) is 37.5 Å². The van der Waals surface area contributed by atoms with Gasteiger partial charge in [-0.25, -0.2) is 0 Å². The highest BCUT2D eigenvalue weighted by Gasteiger charge is 2.47. The average molecular weight is 211 g/mol. The Morgan fingerprint density at radius 1 is 1.20 bits per heavy atom. The lowest BCUT2D eigenvalue weighted by Gasteiger charge is -2.11. The number of carbonyl (C=O) groups is 2. The third kappa shape index (κ3) is 2.70. The number of carboxylic acids is 1. The highest BCUT2D eigenvalue weighted by Crippen LogP contribution is 2.54. The maximum absolute atomic E-state index is 11.6. The fraction of sp³-hybridized carbons (Fsp3) is 0.818. The molecule has 0 spiro atoms. The van der Waals surface area contributed by atoms with Gasteiger partial charge < -0.3 is 10.4 Å². The second-order valence-electron chi connectivity index (χ2n) is 4.71. The summed E-state index contributed by atoms with van der Waals surface area (Å²) < 4.78 is 0. The molecular formula is C11H17NO3. The van der Waals surface area contributed by atoms with Crippen molar-refractivity contribution >= 4 is 11.9 Å². The lowest BCUT2D eigenvalue weighted by molar-refractivity contribution is -0.137. The van der Waals surface area contributed by atoms with Gasteiger partial charge >= 0.3 is 5.97 Å². The molecule has 0 aliphatic heterocycles. The minimum atomic E-state index is -0.800. The van der Waals surface area contributed by atoms with E-state index in [2.05, 4.69) is 5.32 Å². The Balaban J connectivity index is 1.58. The molecule has 2 rings (SSSR count). The van der Waals surface area contributed by atoms with Crippen LogP contribution in [0.5, 0.6) is 0 Å². The summed E-state index contributed by atoms with van der Waals surface area (Å²) in [6, 6.07) is 0. The summed E-state index contributed by atoms with van der Waals surface area (Å²) in [6.45, 7) is 0.497. The molecule has 4 heteroatoms. The van der Waals surface area contributed by atoms with Crippen LogP contribution in [0.2, 0.25) is 0 Å². The zero-order valence-electron chi connectivity index (χ0n) is 8.74. The van der Waals surface area contributed by atoms with Crippen LogP contribution in [0, 0.1) is 17.8 Å². The average Bonchev–Trinajstić information content (AvgIpc) is 2.80. The number of amides is 1. The molecule has 0 radical (unpaired) electrons. The van der Waals surface area contributed by atoms with Crippen LogP contribution in [-0.2, 0) is 9.59 Å². The van der Waals surface area contributed by atoms with E-state index in [-0.39, 0.29) is 18.2 Å². The number of rotatable bonds is 5. The van der Waals surface area contributed by atoms with Gasteiger partial charge in [-0.2, -0.15) is 0 Å². The van der Waals surface area contributed by atoms with Crippen LogP contribution in [0.3, 0.4) is 0 Å². The van der Waals surface area contributed by atoms with Gasteiger partial charge in [0.1, 0.15) is 0 Å². The van der Waals surface area contributed by atoms with Crippen molar-refractivity contribution < 1.29 is 14.7 Å². The van der Waals surface area contributed by atoms with Gasteiger partial charge in [0, 0.05) is 18.9 Å². The van der Waals surface area contributed by atoms with E-state index in [9.17, 15) is 9.59 Å². The predicted molar refractivity (Wildman–Crippen MR) is 54.2 cm³/mol.